The van der Waals surface area contributed by atoms with Crippen LogP contribution >= 0.6 is 0 Å². The van der Waals surface area contributed by atoms with Crippen LogP contribution < -0.4 is 4.90 Å². The summed E-state index contributed by atoms with van der Waals surface area (Å²) in [5.41, 5.74) is 1.94. The molecule has 0 saturated carbocycles. The average Bonchev–Trinajstić information content (AvgIpc) is 3.21. The van der Waals surface area contributed by atoms with E-state index in [1.54, 1.807) is 4.90 Å². The Hall–Kier alpha value is -2.30. The highest BCUT2D eigenvalue weighted by molar-refractivity contribution is 5.92. The van der Waals surface area contributed by atoms with Crippen LogP contribution in [0.4, 0.5) is 5.69 Å². The molecular weight excluding hydrogens is 302 g/mol. The van der Waals surface area contributed by atoms with E-state index < -0.39 is 0 Å². The summed E-state index contributed by atoms with van der Waals surface area (Å²) < 4.78 is 5.59. The van der Waals surface area contributed by atoms with Crippen molar-refractivity contribution in [3.05, 3.63) is 47.7 Å². The molecular formula is C19H25N3O2. The molecule has 0 N–H and O–H groups in total. The van der Waals surface area contributed by atoms with Crippen LogP contribution in [-0.2, 0) is 6.42 Å². The Balaban J connectivity index is 1.60. The molecule has 0 bridgehead atoms. The smallest absolute Gasteiger partial charge is 0.291 e. The standard InChI is InChI=1S/C19H25N3O2/c1-4-17-20-14(2)18(24-17)19(23)21(3)12-15-10-11-22(13-15)16-8-6-5-7-9-16/h5-9,15H,4,10-13H2,1-3H3. The predicted octanol–water partition coefficient (Wildman–Crippen LogP) is 3.14. The van der Waals surface area contributed by atoms with Crippen LogP contribution in [0.3, 0.4) is 0 Å². The van der Waals surface area contributed by atoms with Gasteiger partial charge in [0.15, 0.2) is 5.89 Å². The Morgan fingerprint density at radius 3 is 2.79 bits per heavy atom. The quantitative estimate of drug-likeness (QED) is 0.846. The lowest BCUT2D eigenvalue weighted by Gasteiger charge is -2.22. The molecule has 1 fully saturated rings. The van der Waals surface area contributed by atoms with Gasteiger partial charge < -0.3 is 14.2 Å². The van der Waals surface area contributed by atoms with Crippen molar-refractivity contribution in [3.8, 4) is 0 Å². The van der Waals surface area contributed by atoms with Crippen LogP contribution in [-0.4, -0.2) is 42.5 Å². The van der Waals surface area contributed by atoms with Crippen LogP contribution in [0.25, 0.3) is 0 Å². The number of hydrogen-bond donors (Lipinski definition) is 0. The number of nitrogens with zero attached hydrogens (tertiary/aromatic N) is 3. The maximum Gasteiger partial charge on any atom is 0.291 e. The van der Waals surface area contributed by atoms with Gasteiger partial charge in [0.25, 0.3) is 5.91 Å². The van der Waals surface area contributed by atoms with Gasteiger partial charge in [0.1, 0.15) is 0 Å². The van der Waals surface area contributed by atoms with E-state index in [-0.39, 0.29) is 5.91 Å². The van der Waals surface area contributed by atoms with Crippen LogP contribution in [0.5, 0.6) is 0 Å². The van der Waals surface area contributed by atoms with Crippen molar-refractivity contribution >= 4 is 11.6 Å². The van der Waals surface area contributed by atoms with E-state index in [1.165, 1.54) is 5.69 Å². The summed E-state index contributed by atoms with van der Waals surface area (Å²) in [5.74, 6) is 1.42. The minimum absolute atomic E-state index is 0.0714. The monoisotopic (exact) mass is 327 g/mol. The Labute approximate surface area is 143 Å². The largest absolute Gasteiger partial charge is 0.435 e. The summed E-state index contributed by atoms with van der Waals surface area (Å²) in [6, 6.07) is 10.4. The first-order valence-corrected chi connectivity index (χ1v) is 8.60. The van der Waals surface area contributed by atoms with E-state index in [0.29, 0.717) is 29.7 Å². The summed E-state index contributed by atoms with van der Waals surface area (Å²) in [6.45, 7) is 6.56. The first-order valence-electron chi connectivity index (χ1n) is 8.60. The van der Waals surface area contributed by atoms with Crippen molar-refractivity contribution < 1.29 is 9.21 Å². The molecule has 2 heterocycles. The fourth-order valence-electron chi connectivity index (χ4n) is 3.30. The Morgan fingerprint density at radius 1 is 1.38 bits per heavy atom. The van der Waals surface area contributed by atoms with Crippen LogP contribution in [0.15, 0.2) is 34.7 Å². The molecule has 1 saturated heterocycles. The van der Waals surface area contributed by atoms with Crippen LogP contribution in [0.1, 0.15) is 35.5 Å². The topological polar surface area (TPSA) is 49.6 Å². The fourth-order valence-corrected chi connectivity index (χ4v) is 3.30. The summed E-state index contributed by atoms with van der Waals surface area (Å²) in [6.07, 6.45) is 1.80. The molecule has 5 nitrogen and oxygen atoms in total. The molecule has 5 heteroatoms. The normalized spacial score (nSPS) is 17.3. The summed E-state index contributed by atoms with van der Waals surface area (Å²) in [7, 11) is 1.85. The zero-order valence-corrected chi connectivity index (χ0v) is 14.7. The molecule has 1 atom stereocenters. The first-order chi connectivity index (χ1) is 11.6. The predicted molar refractivity (Wildman–Crippen MR) is 94.3 cm³/mol. The molecule has 1 unspecified atom stereocenters. The molecule has 1 aromatic carbocycles. The molecule has 0 spiro atoms. The second-order valence-corrected chi connectivity index (χ2v) is 6.50. The maximum atomic E-state index is 12.6. The van der Waals surface area contributed by atoms with E-state index in [4.69, 9.17) is 4.42 Å². The van der Waals surface area contributed by atoms with Gasteiger partial charge in [-0.2, -0.15) is 0 Å². The van der Waals surface area contributed by atoms with Crippen molar-refractivity contribution in [3.63, 3.8) is 0 Å². The molecule has 128 valence electrons. The number of amides is 1. The third-order valence-corrected chi connectivity index (χ3v) is 4.62. The summed E-state index contributed by atoms with van der Waals surface area (Å²) in [4.78, 5) is 21.1. The zero-order valence-electron chi connectivity index (χ0n) is 14.7. The van der Waals surface area contributed by atoms with E-state index in [2.05, 4.69) is 34.1 Å². The number of carbonyl (C=O) groups is 1. The number of aryl methyl sites for hydroxylation is 2. The second-order valence-electron chi connectivity index (χ2n) is 6.50. The van der Waals surface area contributed by atoms with Gasteiger partial charge in [-0.15, -0.1) is 0 Å². The summed E-state index contributed by atoms with van der Waals surface area (Å²) >= 11 is 0. The van der Waals surface area contributed by atoms with Gasteiger partial charge in [0, 0.05) is 38.8 Å². The van der Waals surface area contributed by atoms with Gasteiger partial charge in [-0.1, -0.05) is 25.1 Å². The van der Waals surface area contributed by atoms with Crippen molar-refractivity contribution in [2.24, 2.45) is 5.92 Å². The van der Waals surface area contributed by atoms with Crippen molar-refractivity contribution in [2.45, 2.75) is 26.7 Å². The molecule has 0 radical (unpaired) electrons. The van der Waals surface area contributed by atoms with Gasteiger partial charge in [0.05, 0.1) is 5.69 Å². The number of carbonyl (C=O) groups excluding carboxylic acids is 1. The summed E-state index contributed by atoms with van der Waals surface area (Å²) in [5, 5.41) is 0. The SMILES string of the molecule is CCc1nc(C)c(C(=O)N(C)CC2CCN(c3ccccc3)C2)o1. The number of anilines is 1. The Morgan fingerprint density at radius 2 is 2.12 bits per heavy atom. The first kappa shape index (κ1) is 16.6. The number of hydrogen-bond acceptors (Lipinski definition) is 4. The molecule has 2 aromatic rings. The van der Waals surface area contributed by atoms with E-state index in [1.807, 2.05) is 27.0 Å². The van der Waals surface area contributed by atoms with Gasteiger partial charge in [-0.3, -0.25) is 4.79 Å². The number of benzene rings is 1. The van der Waals surface area contributed by atoms with Gasteiger partial charge in [-0.25, -0.2) is 4.98 Å². The van der Waals surface area contributed by atoms with Crippen molar-refractivity contribution in [1.29, 1.82) is 0 Å². The number of rotatable bonds is 5. The highest BCUT2D eigenvalue weighted by atomic mass is 16.4. The maximum absolute atomic E-state index is 12.6. The highest BCUT2D eigenvalue weighted by Gasteiger charge is 2.27. The lowest BCUT2D eigenvalue weighted by atomic mass is 10.1. The second kappa shape index (κ2) is 7.07. The highest BCUT2D eigenvalue weighted by Crippen LogP contribution is 2.24. The van der Waals surface area contributed by atoms with Crippen molar-refractivity contribution in [1.82, 2.24) is 9.88 Å². The number of para-hydroxylation sites is 1. The van der Waals surface area contributed by atoms with E-state index >= 15 is 0 Å². The number of oxazole rings is 1. The van der Waals surface area contributed by atoms with Crippen molar-refractivity contribution in [2.75, 3.05) is 31.6 Å². The van der Waals surface area contributed by atoms with Gasteiger partial charge in [0.2, 0.25) is 5.76 Å². The molecule has 3 rings (SSSR count). The molecule has 1 amide bonds. The van der Waals surface area contributed by atoms with Crippen LogP contribution in [0, 0.1) is 12.8 Å². The molecule has 1 aliphatic heterocycles. The molecule has 1 aromatic heterocycles. The average molecular weight is 327 g/mol. The molecule has 1 aliphatic rings. The Bertz CT molecular complexity index is 696. The Kier molecular flexibility index (Phi) is 4.88. The van der Waals surface area contributed by atoms with E-state index in [9.17, 15) is 4.79 Å². The minimum Gasteiger partial charge on any atom is -0.435 e. The lowest BCUT2D eigenvalue weighted by molar-refractivity contribution is 0.0742. The third-order valence-electron chi connectivity index (χ3n) is 4.62. The number of aromatic nitrogens is 1. The molecule has 0 aliphatic carbocycles. The molecule has 24 heavy (non-hydrogen) atoms. The third kappa shape index (κ3) is 3.45. The fraction of sp³-hybridized carbons (Fsp3) is 0.474. The zero-order chi connectivity index (χ0) is 17.1. The van der Waals surface area contributed by atoms with Crippen LogP contribution in [0.2, 0.25) is 0 Å². The minimum atomic E-state index is -0.0714. The van der Waals surface area contributed by atoms with Gasteiger partial charge in [-0.05, 0) is 31.4 Å². The van der Waals surface area contributed by atoms with E-state index in [0.717, 1.165) is 26.1 Å². The van der Waals surface area contributed by atoms with Gasteiger partial charge >= 0.3 is 0 Å². The lowest BCUT2D eigenvalue weighted by Crippen LogP contribution is -2.33.